The molecular formula is C20H22ClN. The van der Waals surface area contributed by atoms with Crippen LogP contribution in [-0.4, -0.2) is 13.6 Å². The van der Waals surface area contributed by atoms with Crippen LogP contribution in [0.1, 0.15) is 41.0 Å². The Bertz CT molecular complexity index is 657. The maximum absolute atomic E-state index is 3.22. The molecule has 0 atom stereocenters. The van der Waals surface area contributed by atoms with Crippen LogP contribution in [0, 0.1) is 0 Å². The van der Waals surface area contributed by atoms with Crippen LogP contribution in [0.25, 0.3) is 0 Å². The number of halogens is 1. The van der Waals surface area contributed by atoms with E-state index in [1.807, 2.05) is 7.05 Å². The van der Waals surface area contributed by atoms with Gasteiger partial charge in [0.15, 0.2) is 0 Å². The van der Waals surface area contributed by atoms with Crippen molar-refractivity contribution < 1.29 is 0 Å². The van der Waals surface area contributed by atoms with Gasteiger partial charge in [-0.25, -0.2) is 0 Å². The molecule has 0 aromatic heterocycles. The highest BCUT2D eigenvalue weighted by Crippen LogP contribution is 2.56. The van der Waals surface area contributed by atoms with Crippen LogP contribution in [0.3, 0.4) is 0 Å². The van der Waals surface area contributed by atoms with Crippen molar-refractivity contribution in [2.24, 2.45) is 0 Å². The van der Waals surface area contributed by atoms with Crippen molar-refractivity contribution in [2.75, 3.05) is 13.6 Å². The second kappa shape index (κ2) is 5.91. The number of nitrogens with one attached hydrogen (secondary N) is 1. The third kappa shape index (κ3) is 2.04. The SMILES string of the molecule is CNC/C=C/C12CCC(c3ccccc31)c1ccccc12.Cl. The molecule has 5 rings (SSSR count). The van der Waals surface area contributed by atoms with Gasteiger partial charge in [-0.3, -0.25) is 0 Å². The topological polar surface area (TPSA) is 12.0 Å². The number of allylic oxidation sites excluding steroid dienone is 1. The van der Waals surface area contributed by atoms with E-state index in [1.54, 1.807) is 0 Å². The minimum atomic E-state index is 0. The van der Waals surface area contributed by atoms with Gasteiger partial charge in [-0.15, -0.1) is 12.4 Å². The molecule has 1 N–H and O–H groups in total. The highest BCUT2D eigenvalue weighted by Gasteiger charge is 2.46. The molecule has 0 saturated carbocycles. The van der Waals surface area contributed by atoms with Gasteiger partial charge in [0, 0.05) is 17.9 Å². The summed E-state index contributed by atoms with van der Waals surface area (Å²) in [6, 6.07) is 18.1. The van der Waals surface area contributed by atoms with Crippen molar-refractivity contribution in [3.05, 3.63) is 82.9 Å². The zero-order valence-electron chi connectivity index (χ0n) is 12.9. The molecule has 0 radical (unpaired) electrons. The van der Waals surface area contributed by atoms with Crippen molar-refractivity contribution in [3.63, 3.8) is 0 Å². The third-order valence-corrected chi connectivity index (χ3v) is 5.19. The van der Waals surface area contributed by atoms with Crippen LogP contribution in [0.2, 0.25) is 0 Å². The molecule has 114 valence electrons. The smallest absolute Gasteiger partial charge is 0.0388 e. The number of rotatable bonds is 3. The van der Waals surface area contributed by atoms with Gasteiger partial charge in [0.25, 0.3) is 0 Å². The average Bonchev–Trinajstić information content (AvgIpc) is 2.56. The summed E-state index contributed by atoms with van der Waals surface area (Å²) in [7, 11) is 2.00. The standard InChI is InChI=1S/C20H21N.ClH/c1-21-14-6-12-20-13-11-15(16-7-2-4-9-18(16)20)17-8-3-5-10-19(17)20;/h2-10,12,15,21H,11,13-14H2,1H3;1H/b12-6+;. The Balaban J connectivity index is 0.00000144. The number of fused-ring (bicyclic) bond motifs is 1. The molecule has 2 aromatic carbocycles. The Kier molecular flexibility index (Phi) is 4.12. The van der Waals surface area contributed by atoms with E-state index >= 15 is 0 Å². The fourth-order valence-corrected chi connectivity index (χ4v) is 4.32. The van der Waals surface area contributed by atoms with Crippen LogP contribution >= 0.6 is 12.4 Å². The molecule has 2 aromatic rings. The Hall–Kier alpha value is -1.57. The Morgan fingerprint density at radius 3 is 2.23 bits per heavy atom. The lowest BCUT2D eigenvalue weighted by Crippen LogP contribution is -2.38. The van der Waals surface area contributed by atoms with Gasteiger partial charge in [0.05, 0.1) is 0 Å². The molecule has 0 saturated heterocycles. The lowest BCUT2D eigenvalue weighted by Gasteiger charge is -2.48. The first-order valence-electron chi connectivity index (χ1n) is 7.88. The van der Waals surface area contributed by atoms with Gasteiger partial charge in [0.2, 0.25) is 0 Å². The summed E-state index contributed by atoms with van der Waals surface area (Å²) in [5, 5.41) is 3.22. The van der Waals surface area contributed by atoms with Crippen LogP contribution in [0.4, 0.5) is 0 Å². The van der Waals surface area contributed by atoms with Crippen molar-refractivity contribution in [3.8, 4) is 0 Å². The van der Waals surface area contributed by atoms with E-state index in [1.165, 1.54) is 35.1 Å². The molecule has 0 unspecified atom stereocenters. The molecule has 3 aliphatic carbocycles. The first-order valence-corrected chi connectivity index (χ1v) is 7.88. The highest BCUT2D eigenvalue weighted by atomic mass is 35.5. The maximum Gasteiger partial charge on any atom is 0.0388 e. The van der Waals surface area contributed by atoms with Gasteiger partial charge < -0.3 is 5.32 Å². The normalized spacial score (nSPS) is 24.7. The van der Waals surface area contributed by atoms with Crippen LogP contribution in [-0.2, 0) is 5.41 Å². The maximum atomic E-state index is 3.22. The molecule has 0 heterocycles. The zero-order valence-corrected chi connectivity index (χ0v) is 13.7. The van der Waals surface area contributed by atoms with Crippen LogP contribution in [0.5, 0.6) is 0 Å². The van der Waals surface area contributed by atoms with Crippen molar-refractivity contribution in [1.29, 1.82) is 0 Å². The summed E-state index contributed by atoms with van der Waals surface area (Å²) in [6.07, 6.45) is 7.22. The van der Waals surface area contributed by atoms with Crippen molar-refractivity contribution >= 4 is 12.4 Å². The minimum absolute atomic E-state index is 0. The number of hydrogen-bond acceptors (Lipinski definition) is 1. The van der Waals surface area contributed by atoms with Crippen molar-refractivity contribution in [1.82, 2.24) is 5.32 Å². The quantitative estimate of drug-likeness (QED) is 0.828. The molecule has 3 aliphatic rings. The monoisotopic (exact) mass is 311 g/mol. The molecule has 1 nitrogen and oxygen atoms in total. The minimum Gasteiger partial charge on any atom is -0.316 e. The molecular weight excluding hydrogens is 290 g/mol. The number of benzene rings is 2. The second-order valence-corrected chi connectivity index (χ2v) is 6.20. The predicted molar refractivity (Wildman–Crippen MR) is 95.1 cm³/mol. The summed E-state index contributed by atoms with van der Waals surface area (Å²) >= 11 is 0. The fourth-order valence-electron chi connectivity index (χ4n) is 4.32. The summed E-state index contributed by atoms with van der Waals surface area (Å²) in [5.74, 6) is 0.594. The average molecular weight is 312 g/mol. The Morgan fingerprint density at radius 1 is 1.05 bits per heavy atom. The Morgan fingerprint density at radius 2 is 1.64 bits per heavy atom. The molecule has 0 amide bonds. The van der Waals surface area contributed by atoms with Crippen LogP contribution in [0.15, 0.2) is 60.7 Å². The lowest BCUT2D eigenvalue weighted by atomic mass is 9.55. The molecule has 2 bridgehead atoms. The number of hydrogen-bond donors (Lipinski definition) is 1. The van der Waals surface area contributed by atoms with Gasteiger partial charge in [0.1, 0.15) is 0 Å². The zero-order chi connectivity index (χ0) is 14.3. The predicted octanol–water partition coefficient (Wildman–Crippen LogP) is 4.41. The van der Waals surface area contributed by atoms with E-state index in [0.29, 0.717) is 5.92 Å². The van der Waals surface area contributed by atoms with Crippen LogP contribution < -0.4 is 5.32 Å². The van der Waals surface area contributed by atoms with Gasteiger partial charge in [-0.05, 0) is 42.1 Å². The summed E-state index contributed by atoms with van der Waals surface area (Å²) in [5.41, 5.74) is 6.20. The molecule has 0 spiro atoms. The lowest BCUT2D eigenvalue weighted by molar-refractivity contribution is 0.439. The molecule has 2 heteroatoms. The third-order valence-electron chi connectivity index (χ3n) is 5.19. The van der Waals surface area contributed by atoms with E-state index in [0.717, 1.165) is 6.54 Å². The summed E-state index contributed by atoms with van der Waals surface area (Å²) in [4.78, 5) is 0. The van der Waals surface area contributed by atoms with E-state index in [9.17, 15) is 0 Å². The molecule has 0 fully saturated rings. The summed E-state index contributed by atoms with van der Waals surface area (Å²) in [6.45, 7) is 0.926. The number of likely N-dealkylation sites (N-methyl/N-ethyl adjacent to an activating group) is 1. The van der Waals surface area contributed by atoms with Gasteiger partial charge >= 0.3 is 0 Å². The van der Waals surface area contributed by atoms with E-state index in [4.69, 9.17) is 0 Å². The first-order chi connectivity index (χ1) is 10.4. The Labute approximate surface area is 138 Å². The van der Waals surface area contributed by atoms with Gasteiger partial charge in [-0.2, -0.15) is 0 Å². The van der Waals surface area contributed by atoms with Crippen molar-refractivity contribution in [2.45, 2.75) is 24.2 Å². The molecule has 22 heavy (non-hydrogen) atoms. The van der Waals surface area contributed by atoms with E-state index in [-0.39, 0.29) is 17.8 Å². The van der Waals surface area contributed by atoms with E-state index < -0.39 is 0 Å². The van der Waals surface area contributed by atoms with E-state index in [2.05, 4.69) is 66.0 Å². The van der Waals surface area contributed by atoms with Gasteiger partial charge in [-0.1, -0.05) is 60.7 Å². The highest BCUT2D eigenvalue weighted by molar-refractivity contribution is 5.85. The summed E-state index contributed by atoms with van der Waals surface area (Å²) < 4.78 is 0. The largest absolute Gasteiger partial charge is 0.316 e. The molecule has 0 aliphatic heterocycles. The second-order valence-electron chi connectivity index (χ2n) is 6.20. The fraction of sp³-hybridized carbons (Fsp3) is 0.300. The first kappa shape index (κ1) is 15.3.